The Hall–Kier alpha value is -3.00. The number of halogens is 1. The van der Waals surface area contributed by atoms with Crippen LogP contribution >= 0.6 is 11.3 Å². The lowest BCUT2D eigenvalue weighted by molar-refractivity contribution is 0.0601. The molecule has 1 amide bonds. The van der Waals surface area contributed by atoms with Crippen LogP contribution in [0.15, 0.2) is 30.5 Å². The number of esters is 1. The van der Waals surface area contributed by atoms with Crippen LogP contribution in [0.3, 0.4) is 0 Å². The van der Waals surface area contributed by atoms with Crippen molar-refractivity contribution in [2.45, 2.75) is 32.6 Å². The SMILES string of the molecule is COC(=O)c1c(NC(=O)c2cnn(-c3ccccc3F)c2C)sc2c1CCCC2. The third-order valence-electron chi connectivity index (χ3n) is 5.12. The number of nitrogens with zero attached hydrogens (tertiary/aromatic N) is 2. The Labute approximate surface area is 171 Å². The first-order valence-electron chi connectivity index (χ1n) is 9.35. The first kappa shape index (κ1) is 19.3. The van der Waals surface area contributed by atoms with Crippen molar-refractivity contribution in [1.82, 2.24) is 9.78 Å². The smallest absolute Gasteiger partial charge is 0.341 e. The van der Waals surface area contributed by atoms with E-state index in [2.05, 4.69) is 10.4 Å². The molecule has 0 spiro atoms. The number of nitrogens with one attached hydrogen (secondary N) is 1. The first-order chi connectivity index (χ1) is 14.0. The van der Waals surface area contributed by atoms with Gasteiger partial charge in [-0.15, -0.1) is 11.3 Å². The van der Waals surface area contributed by atoms with Crippen LogP contribution in [0.5, 0.6) is 0 Å². The summed E-state index contributed by atoms with van der Waals surface area (Å²) in [6.07, 6.45) is 5.18. The van der Waals surface area contributed by atoms with E-state index >= 15 is 0 Å². The van der Waals surface area contributed by atoms with Crippen LogP contribution in [0.1, 0.15) is 49.7 Å². The lowest BCUT2D eigenvalue weighted by Gasteiger charge is -2.11. The Kier molecular flexibility index (Phi) is 5.19. The Bertz CT molecular complexity index is 1100. The molecule has 0 radical (unpaired) electrons. The van der Waals surface area contributed by atoms with Gasteiger partial charge in [0.25, 0.3) is 5.91 Å². The van der Waals surface area contributed by atoms with Gasteiger partial charge in [0.15, 0.2) is 0 Å². The number of hydrogen-bond donors (Lipinski definition) is 1. The van der Waals surface area contributed by atoms with E-state index in [-0.39, 0.29) is 5.69 Å². The second-order valence-corrected chi connectivity index (χ2v) is 7.97. The van der Waals surface area contributed by atoms with E-state index in [1.54, 1.807) is 25.1 Å². The van der Waals surface area contributed by atoms with Gasteiger partial charge in [0.05, 0.1) is 30.1 Å². The van der Waals surface area contributed by atoms with Gasteiger partial charge in [-0.3, -0.25) is 4.79 Å². The van der Waals surface area contributed by atoms with Crippen molar-refractivity contribution in [3.8, 4) is 5.69 Å². The van der Waals surface area contributed by atoms with Crippen LogP contribution in [-0.4, -0.2) is 28.8 Å². The number of benzene rings is 1. The molecule has 29 heavy (non-hydrogen) atoms. The summed E-state index contributed by atoms with van der Waals surface area (Å²) in [7, 11) is 1.34. The Morgan fingerprint density at radius 3 is 2.76 bits per heavy atom. The molecule has 2 heterocycles. The highest BCUT2D eigenvalue weighted by atomic mass is 32.1. The summed E-state index contributed by atoms with van der Waals surface area (Å²) in [6, 6.07) is 6.24. The Balaban J connectivity index is 1.67. The van der Waals surface area contributed by atoms with Crippen LogP contribution < -0.4 is 5.32 Å². The number of hydrogen-bond acceptors (Lipinski definition) is 5. The van der Waals surface area contributed by atoms with Gasteiger partial charge in [0.2, 0.25) is 0 Å². The quantitative estimate of drug-likeness (QED) is 0.648. The van der Waals surface area contributed by atoms with Crippen LogP contribution in [0.25, 0.3) is 5.69 Å². The molecule has 0 unspecified atom stereocenters. The molecule has 1 aliphatic carbocycles. The molecule has 0 atom stereocenters. The van der Waals surface area contributed by atoms with E-state index < -0.39 is 17.7 Å². The number of para-hydroxylation sites is 1. The zero-order valence-corrected chi connectivity index (χ0v) is 16.9. The summed E-state index contributed by atoms with van der Waals surface area (Å²) in [5.74, 6) is -1.27. The first-order valence-corrected chi connectivity index (χ1v) is 10.2. The van der Waals surface area contributed by atoms with E-state index in [1.165, 1.54) is 35.4 Å². The topological polar surface area (TPSA) is 73.2 Å². The number of aromatic nitrogens is 2. The standard InChI is InChI=1S/C21H20FN3O3S/c1-12-14(11-23-25(12)16-9-5-4-8-15(16)22)19(26)24-20-18(21(27)28-2)13-7-3-6-10-17(13)29-20/h4-5,8-9,11H,3,6-7,10H2,1-2H3,(H,24,26). The molecular weight excluding hydrogens is 393 g/mol. The molecule has 1 aromatic carbocycles. The van der Waals surface area contributed by atoms with Gasteiger partial charge in [-0.2, -0.15) is 5.10 Å². The van der Waals surface area contributed by atoms with Crippen molar-refractivity contribution in [3.63, 3.8) is 0 Å². The molecule has 2 aromatic heterocycles. The number of aryl methyl sites for hydroxylation is 1. The normalized spacial score (nSPS) is 13.1. The largest absolute Gasteiger partial charge is 0.465 e. The number of fused-ring (bicyclic) bond motifs is 1. The summed E-state index contributed by atoms with van der Waals surface area (Å²) < 4.78 is 20.5. The van der Waals surface area contributed by atoms with Crippen LogP contribution in [0.2, 0.25) is 0 Å². The highest BCUT2D eigenvalue weighted by Gasteiger charge is 2.28. The van der Waals surface area contributed by atoms with E-state index in [4.69, 9.17) is 4.74 Å². The number of amides is 1. The van der Waals surface area contributed by atoms with Gasteiger partial charge >= 0.3 is 5.97 Å². The van der Waals surface area contributed by atoms with E-state index in [0.717, 1.165) is 36.1 Å². The monoisotopic (exact) mass is 413 g/mol. The van der Waals surface area contributed by atoms with E-state index in [0.29, 0.717) is 21.8 Å². The maximum atomic E-state index is 14.1. The predicted octanol–water partition coefficient (Wildman–Crippen LogP) is 4.30. The number of carbonyl (C=O) groups excluding carboxylic acids is 2. The molecule has 6 nitrogen and oxygen atoms in total. The fourth-order valence-electron chi connectivity index (χ4n) is 3.64. The summed E-state index contributed by atoms with van der Waals surface area (Å²) in [4.78, 5) is 26.4. The third kappa shape index (κ3) is 3.44. The molecule has 0 fully saturated rings. The number of anilines is 1. The Morgan fingerprint density at radius 2 is 2.00 bits per heavy atom. The molecule has 150 valence electrons. The van der Waals surface area contributed by atoms with E-state index in [9.17, 15) is 14.0 Å². The molecule has 0 saturated carbocycles. The second-order valence-electron chi connectivity index (χ2n) is 6.87. The van der Waals surface area contributed by atoms with Gasteiger partial charge in [-0.1, -0.05) is 12.1 Å². The van der Waals surface area contributed by atoms with Gasteiger partial charge in [0.1, 0.15) is 16.5 Å². The average molecular weight is 413 g/mol. The van der Waals surface area contributed by atoms with Crippen LogP contribution in [0, 0.1) is 12.7 Å². The summed E-state index contributed by atoms with van der Waals surface area (Å²) in [6.45, 7) is 1.70. The average Bonchev–Trinajstić information content (AvgIpc) is 3.28. The lowest BCUT2D eigenvalue weighted by atomic mass is 9.95. The zero-order valence-electron chi connectivity index (χ0n) is 16.1. The number of ether oxygens (including phenoxy) is 1. The zero-order chi connectivity index (χ0) is 20.5. The molecule has 0 aliphatic heterocycles. The number of rotatable bonds is 4. The summed E-state index contributed by atoms with van der Waals surface area (Å²) in [5, 5.41) is 7.52. The number of thiophene rings is 1. The Morgan fingerprint density at radius 1 is 1.24 bits per heavy atom. The summed E-state index contributed by atoms with van der Waals surface area (Å²) >= 11 is 1.42. The highest BCUT2D eigenvalue weighted by molar-refractivity contribution is 7.17. The molecule has 0 bridgehead atoms. The van der Waals surface area contributed by atoms with Gasteiger partial charge in [-0.25, -0.2) is 13.9 Å². The van der Waals surface area contributed by atoms with Crippen molar-refractivity contribution in [2.24, 2.45) is 0 Å². The fourth-order valence-corrected chi connectivity index (χ4v) is 4.91. The molecular formula is C21H20FN3O3S. The minimum Gasteiger partial charge on any atom is -0.465 e. The van der Waals surface area contributed by atoms with Crippen molar-refractivity contribution in [1.29, 1.82) is 0 Å². The number of carbonyl (C=O) groups is 2. The molecule has 4 rings (SSSR count). The van der Waals surface area contributed by atoms with Crippen molar-refractivity contribution in [3.05, 3.63) is 63.5 Å². The van der Waals surface area contributed by atoms with Crippen molar-refractivity contribution < 1.29 is 18.7 Å². The molecule has 0 saturated heterocycles. The molecule has 1 aliphatic rings. The lowest BCUT2D eigenvalue weighted by Crippen LogP contribution is -2.16. The van der Waals surface area contributed by atoms with Crippen LogP contribution in [-0.2, 0) is 17.6 Å². The predicted molar refractivity (Wildman–Crippen MR) is 109 cm³/mol. The van der Waals surface area contributed by atoms with E-state index in [1.807, 2.05) is 0 Å². The highest BCUT2D eigenvalue weighted by Crippen LogP contribution is 2.38. The molecule has 3 aromatic rings. The second kappa shape index (κ2) is 7.79. The van der Waals surface area contributed by atoms with Crippen molar-refractivity contribution >= 4 is 28.2 Å². The van der Waals surface area contributed by atoms with Crippen molar-refractivity contribution in [2.75, 3.05) is 12.4 Å². The number of methoxy groups -OCH3 is 1. The van der Waals surface area contributed by atoms with Gasteiger partial charge in [-0.05, 0) is 50.3 Å². The maximum Gasteiger partial charge on any atom is 0.341 e. The molecule has 1 N–H and O–H groups in total. The minimum absolute atomic E-state index is 0.269. The molecule has 8 heteroatoms. The van der Waals surface area contributed by atoms with Crippen LogP contribution in [0.4, 0.5) is 9.39 Å². The fraction of sp³-hybridized carbons (Fsp3) is 0.286. The minimum atomic E-state index is -0.446. The van der Waals surface area contributed by atoms with Gasteiger partial charge in [0, 0.05) is 4.88 Å². The summed E-state index contributed by atoms with van der Waals surface area (Å²) in [5.41, 5.74) is 2.51. The third-order valence-corrected chi connectivity index (χ3v) is 6.33. The van der Waals surface area contributed by atoms with Gasteiger partial charge < -0.3 is 10.1 Å². The maximum absolute atomic E-state index is 14.1.